The molecule has 0 aromatic heterocycles. The Labute approximate surface area is 140 Å². The van der Waals surface area contributed by atoms with E-state index >= 15 is 0 Å². The summed E-state index contributed by atoms with van der Waals surface area (Å²) >= 11 is 0. The third-order valence-corrected chi connectivity index (χ3v) is 3.55. The van der Waals surface area contributed by atoms with Crippen LogP contribution >= 0.6 is 0 Å². The van der Waals surface area contributed by atoms with Gasteiger partial charge < -0.3 is 20.7 Å². The Hall–Kier alpha value is -1.75. The third kappa shape index (κ3) is 8.45. The van der Waals surface area contributed by atoms with Gasteiger partial charge in [-0.25, -0.2) is 0 Å². The fourth-order valence-electron chi connectivity index (χ4n) is 2.05. The molecule has 0 unspecified atom stereocenters. The molecule has 5 heteroatoms. The molecule has 1 rings (SSSR count). The van der Waals surface area contributed by atoms with Gasteiger partial charge in [-0.2, -0.15) is 0 Å². The molecular weight excluding hydrogens is 290 g/mol. The highest BCUT2D eigenvalue weighted by Crippen LogP contribution is 2.23. The lowest BCUT2D eigenvalue weighted by Crippen LogP contribution is -2.31. The molecule has 23 heavy (non-hydrogen) atoms. The first-order valence-electron chi connectivity index (χ1n) is 8.31. The van der Waals surface area contributed by atoms with Crippen molar-refractivity contribution in [1.82, 2.24) is 10.2 Å². The number of nitrogens with zero attached hydrogens (tertiary/aromatic N) is 1. The van der Waals surface area contributed by atoms with Gasteiger partial charge in [0.1, 0.15) is 5.75 Å². The molecule has 0 radical (unpaired) electrons. The number of anilines is 1. The van der Waals surface area contributed by atoms with Crippen molar-refractivity contribution in [2.24, 2.45) is 5.92 Å². The summed E-state index contributed by atoms with van der Waals surface area (Å²) in [5, 5.41) is 2.91. The summed E-state index contributed by atoms with van der Waals surface area (Å²) in [7, 11) is 3.97. The molecule has 0 aliphatic heterocycles. The number of carbonyl (C=O) groups excluding carboxylic acids is 1. The van der Waals surface area contributed by atoms with E-state index in [1.54, 1.807) is 0 Å². The quantitative estimate of drug-likeness (QED) is 0.649. The zero-order valence-electron chi connectivity index (χ0n) is 14.9. The predicted molar refractivity (Wildman–Crippen MR) is 95.7 cm³/mol. The Kier molecular flexibility index (Phi) is 8.48. The van der Waals surface area contributed by atoms with Crippen molar-refractivity contribution in [3.05, 3.63) is 23.8 Å². The molecule has 0 spiro atoms. The average Bonchev–Trinajstić information content (AvgIpc) is 2.46. The number of rotatable bonds is 10. The van der Waals surface area contributed by atoms with E-state index < -0.39 is 0 Å². The van der Waals surface area contributed by atoms with Gasteiger partial charge >= 0.3 is 0 Å². The van der Waals surface area contributed by atoms with E-state index in [0.717, 1.165) is 24.3 Å². The van der Waals surface area contributed by atoms with Gasteiger partial charge in [-0.05, 0) is 50.6 Å². The lowest BCUT2D eigenvalue weighted by atomic mass is 10.1. The van der Waals surface area contributed by atoms with E-state index in [9.17, 15) is 4.79 Å². The van der Waals surface area contributed by atoms with Crippen LogP contribution in [0.1, 0.15) is 32.3 Å². The molecule has 3 N–H and O–H groups in total. The van der Waals surface area contributed by atoms with Crippen LogP contribution in [0.3, 0.4) is 0 Å². The van der Waals surface area contributed by atoms with Crippen molar-refractivity contribution < 1.29 is 9.53 Å². The fourth-order valence-corrected chi connectivity index (χ4v) is 2.05. The van der Waals surface area contributed by atoms with E-state index in [-0.39, 0.29) is 5.91 Å². The number of ether oxygens (including phenoxy) is 1. The minimum Gasteiger partial charge on any atom is -0.491 e. The van der Waals surface area contributed by atoms with Crippen molar-refractivity contribution in [1.29, 1.82) is 0 Å². The van der Waals surface area contributed by atoms with Crippen LogP contribution in [-0.4, -0.2) is 44.6 Å². The van der Waals surface area contributed by atoms with Crippen molar-refractivity contribution in [2.75, 3.05) is 39.5 Å². The largest absolute Gasteiger partial charge is 0.491 e. The summed E-state index contributed by atoms with van der Waals surface area (Å²) in [6.45, 7) is 6.53. The average molecular weight is 321 g/mol. The second kappa shape index (κ2) is 10.1. The number of likely N-dealkylation sites (N-methyl/N-ethyl adjacent to an activating group) is 1. The Bertz CT molecular complexity index is 487. The molecule has 0 fully saturated rings. The standard InChI is InChI=1S/C18H31N3O2/c1-14(2)9-12-23-17-7-5-15(13-16(17)19)6-8-18(22)20-10-11-21(3)4/h5,7,13-14H,6,8-12,19H2,1-4H3,(H,20,22). The third-order valence-electron chi connectivity index (χ3n) is 3.55. The summed E-state index contributed by atoms with van der Waals surface area (Å²) in [6, 6.07) is 5.78. The molecular formula is C18H31N3O2. The monoisotopic (exact) mass is 321 g/mol. The Morgan fingerprint density at radius 1 is 1.35 bits per heavy atom. The number of nitrogens with two attached hydrogens (primary N) is 1. The predicted octanol–water partition coefficient (Wildman–Crippen LogP) is 2.30. The summed E-state index contributed by atoms with van der Waals surface area (Å²) in [6.07, 6.45) is 2.17. The maximum absolute atomic E-state index is 11.8. The van der Waals surface area contributed by atoms with Crippen LogP contribution in [0.25, 0.3) is 0 Å². The Morgan fingerprint density at radius 3 is 2.70 bits per heavy atom. The summed E-state index contributed by atoms with van der Waals surface area (Å²) in [5.41, 5.74) is 7.72. The number of amides is 1. The second-order valence-electron chi connectivity index (χ2n) is 6.56. The molecule has 0 aliphatic carbocycles. The lowest BCUT2D eigenvalue weighted by Gasteiger charge is -2.12. The molecule has 1 amide bonds. The van der Waals surface area contributed by atoms with Crippen molar-refractivity contribution in [2.45, 2.75) is 33.1 Å². The molecule has 0 atom stereocenters. The number of benzene rings is 1. The van der Waals surface area contributed by atoms with Crippen molar-refractivity contribution >= 4 is 11.6 Å². The minimum atomic E-state index is 0.0719. The molecule has 0 saturated heterocycles. The number of carbonyl (C=O) groups is 1. The highest BCUT2D eigenvalue weighted by molar-refractivity contribution is 5.76. The van der Waals surface area contributed by atoms with E-state index in [0.29, 0.717) is 37.6 Å². The number of hydrogen-bond donors (Lipinski definition) is 2. The van der Waals surface area contributed by atoms with Gasteiger partial charge in [0.15, 0.2) is 0 Å². The molecule has 0 saturated carbocycles. The van der Waals surface area contributed by atoms with E-state index in [2.05, 4.69) is 19.2 Å². The van der Waals surface area contributed by atoms with E-state index in [1.807, 2.05) is 37.2 Å². The SMILES string of the molecule is CC(C)CCOc1ccc(CCC(=O)NCCN(C)C)cc1N. The number of hydrogen-bond acceptors (Lipinski definition) is 4. The van der Waals surface area contributed by atoms with Crippen molar-refractivity contribution in [3.63, 3.8) is 0 Å². The first kappa shape index (κ1) is 19.3. The van der Waals surface area contributed by atoms with Gasteiger partial charge in [-0.1, -0.05) is 19.9 Å². The fraction of sp³-hybridized carbons (Fsp3) is 0.611. The summed E-state index contributed by atoms with van der Waals surface area (Å²) < 4.78 is 5.69. The topological polar surface area (TPSA) is 67.6 Å². The normalized spacial score (nSPS) is 11.0. The van der Waals surface area contributed by atoms with E-state index in [1.165, 1.54) is 0 Å². The number of aryl methyl sites for hydroxylation is 1. The summed E-state index contributed by atoms with van der Waals surface area (Å²) in [5.74, 6) is 1.41. The number of nitrogens with one attached hydrogen (secondary N) is 1. The van der Waals surface area contributed by atoms with Gasteiger partial charge in [-0.15, -0.1) is 0 Å². The lowest BCUT2D eigenvalue weighted by molar-refractivity contribution is -0.121. The second-order valence-corrected chi connectivity index (χ2v) is 6.56. The molecule has 5 nitrogen and oxygen atoms in total. The molecule has 1 aromatic rings. The van der Waals surface area contributed by atoms with Crippen LogP contribution in [0.15, 0.2) is 18.2 Å². The van der Waals surface area contributed by atoms with Gasteiger partial charge in [-0.3, -0.25) is 4.79 Å². The van der Waals surface area contributed by atoms with Gasteiger partial charge in [0.05, 0.1) is 12.3 Å². The molecule has 130 valence electrons. The van der Waals surface area contributed by atoms with E-state index in [4.69, 9.17) is 10.5 Å². The molecule has 0 heterocycles. The summed E-state index contributed by atoms with van der Waals surface area (Å²) in [4.78, 5) is 13.8. The maximum atomic E-state index is 11.8. The first-order valence-corrected chi connectivity index (χ1v) is 8.31. The van der Waals surface area contributed by atoms with Gasteiger partial charge in [0, 0.05) is 19.5 Å². The van der Waals surface area contributed by atoms with Crippen LogP contribution in [0.5, 0.6) is 5.75 Å². The maximum Gasteiger partial charge on any atom is 0.220 e. The van der Waals surface area contributed by atoms with Crippen molar-refractivity contribution in [3.8, 4) is 5.75 Å². The number of nitrogen functional groups attached to an aromatic ring is 1. The Morgan fingerprint density at radius 2 is 2.09 bits per heavy atom. The molecule has 1 aromatic carbocycles. The van der Waals surface area contributed by atoms with Crippen LogP contribution in [0.4, 0.5) is 5.69 Å². The zero-order valence-corrected chi connectivity index (χ0v) is 14.9. The first-order chi connectivity index (χ1) is 10.9. The zero-order chi connectivity index (χ0) is 17.2. The van der Waals surface area contributed by atoms with Gasteiger partial charge in [0.2, 0.25) is 5.91 Å². The molecule has 0 aliphatic rings. The van der Waals surface area contributed by atoms with Crippen LogP contribution in [-0.2, 0) is 11.2 Å². The Balaban J connectivity index is 2.37. The van der Waals surface area contributed by atoms with Gasteiger partial charge in [0.25, 0.3) is 0 Å². The smallest absolute Gasteiger partial charge is 0.220 e. The van der Waals surface area contributed by atoms with Crippen LogP contribution in [0.2, 0.25) is 0 Å². The highest BCUT2D eigenvalue weighted by atomic mass is 16.5. The van der Waals surface area contributed by atoms with Crippen LogP contribution < -0.4 is 15.8 Å². The van der Waals surface area contributed by atoms with Crippen LogP contribution in [0, 0.1) is 5.92 Å². The molecule has 0 bridgehead atoms. The minimum absolute atomic E-state index is 0.0719. The highest BCUT2D eigenvalue weighted by Gasteiger charge is 2.06.